The second-order valence-electron chi connectivity index (χ2n) is 1.49. The second-order valence-corrected chi connectivity index (χ2v) is 4.00. The topological polar surface area (TPSA) is 40.1 Å². The quantitative estimate of drug-likeness (QED) is 0.389. The molecule has 0 unspecified atom stereocenters. The molecule has 0 fully saturated rings. The number of aliphatic carboxylic acids is 1. The molecule has 0 bridgehead atoms. The van der Waals surface area contributed by atoms with Gasteiger partial charge in [-0.3, -0.25) is 0 Å². The number of alkyl halides is 3. The standard InChI is InChI=1S/C4H5Cl3O2.Na/c5-4(6,7)2-1-3(8)9;/h1-2H2,(H,8,9);/q;+1/p-1. The summed E-state index contributed by atoms with van der Waals surface area (Å²) in [5.41, 5.74) is 0. The van der Waals surface area contributed by atoms with Gasteiger partial charge in [-0.15, -0.1) is 0 Å². The van der Waals surface area contributed by atoms with Gasteiger partial charge in [-0.1, -0.05) is 34.8 Å². The molecule has 6 heteroatoms. The van der Waals surface area contributed by atoms with E-state index in [1.807, 2.05) is 0 Å². The summed E-state index contributed by atoms with van der Waals surface area (Å²) in [6.45, 7) is 0. The van der Waals surface area contributed by atoms with E-state index in [0.717, 1.165) is 0 Å². The molecule has 0 heterocycles. The Balaban J connectivity index is 0. The Morgan fingerprint density at radius 2 is 1.80 bits per heavy atom. The summed E-state index contributed by atoms with van der Waals surface area (Å²) in [6.07, 6.45) is -0.240. The average molecular weight is 213 g/mol. The number of carboxylic acids is 1. The van der Waals surface area contributed by atoms with E-state index in [2.05, 4.69) is 0 Å². The van der Waals surface area contributed by atoms with Gasteiger partial charge in [-0.2, -0.15) is 0 Å². The van der Waals surface area contributed by atoms with E-state index in [1.165, 1.54) is 0 Å². The van der Waals surface area contributed by atoms with E-state index in [9.17, 15) is 9.90 Å². The summed E-state index contributed by atoms with van der Waals surface area (Å²) in [7, 11) is 0. The summed E-state index contributed by atoms with van der Waals surface area (Å²) in [4.78, 5) is 9.76. The molecule has 0 aliphatic rings. The monoisotopic (exact) mass is 212 g/mol. The number of hydrogen-bond donors (Lipinski definition) is 0. The molecule has 0 spiro atoms. The van der Waals surface area contributed by atoms with E-state index in [4.69, 9.17) is 34.8 Å². The maximum Gasteiger partial charge on any atom is 1.00 e. The van der Waals surface area contributed by atoms with Gasteiger partial charge in [0.1, 0.15) is 0 Å². The van der Waals surface area contributed by atoms with Crippen LogP contribution < -0.4 is 34.7 Å². The summed E-state index contributed by atoms with van der Waals surface area (Å²) in [5, 5.41) is 9.76. The molecule has 0 aliphatic carbocycles. The predicted molar refractivity (Wildman–Crippen MR) is 34.5 cm³/mol. The van der Waals surface area contributed by atoms with Crippen molar-refractivity contribution in [2.45, 2.75) is 16.6 Å². The molecule has 0 saturated carbocycles. The van der Waals surface area contributed by atoms with E-state index in [-0.39, 0.29) is 42.4 Å². The first kappa shape index (κ1) is 13.9. The van der Waals surface area contributed by atoms with Gasteiger partial charge in [-0.05, 0) is 12.8 Å². The van der Waals surface area contributed by atoms with Crippen molar-refractivity contribution < 1.29 is 39.5 Å². The van der Waals surface area contributed by atoms with Gasteiger partial charge in [-0.25, -0.2) is 0 Å². The smallest absolute Gasteiger partial charge is 0.550 e. The van der Waals surface area contributed by atoms with Crippen LogP contribution in [0.15, 0.2) is 0 Å². The summed E-state index contributed by atoms with van der Waals surface area (Å²) in [6, 6.07) is 0. The van der Waals surface area contributed by atoms with Crippen molar-refractivity contribution in [3.8, 4) is 0 Å². The molecule has 0 aliphatic heterocycles. The molecular weight excluding hydrogens is 209 g/mol. The predicted octanol–water partition coefficient (Wildman–Crippen LogP) is -2.11. The van der Waals surface area contributed by atoms with Crippen LogP contribution in [0.5, 0.6) is 0 Å². The first-order valence-corrected chi connectivity index (χ1v) is 3.32. The van der Waals surface area contributed by atoms with Crippen LogP contribution in [0.3, 0.4) is 0 Å². The van der Waals surface area contributed by atoms with Gasteiger partial charge in [0.05, 0.1) is 0 Å². The zero-order valence-corrected chi connectivity index (χ0v) is 9.63. The Morgan fingerprint density at radius 3 is 1.90 bits per heavy atom. The third kappa shape index (κ3) is 12.1. The minimum Gasteiger partial charge on any atom is -0.550 e. The molecule has 0 amide bonds. The van der Waals surface area contributed by atoms with Gasteiger partial charge in [0, 0.05) is 5.97 Å². The van der Waals surface area contributed by atoms with Crippen molar-refractivity contribution in [1.29, 1.82) is 0 Å². The Hall–Kier alpha value is 1.34. The first-order valence-electron chi connectivity index (χ1n) is 2.18. The fraction of sp³-hybridized carbons (Fsp3) is 0.750. The van der Waals surface area contributed by atoms with Crippen molar-refractivity contribution in [3.63, 3.8) is 0 Å². The number of rotatable bonds is 2. The van der Waals surface area contributed by atoms with E-state index in [1.54, 1.807) is 0 Å². The van der Waals surface area contributed by atoms with Crippen molar-refractivity contribution in [2.75, 3.05) is 0 Å². The number of carbonyl (C=O) groups is 1. The van der Waals surface area contributed by atoms with Gasteiger partial charge in [0.25, 0.3) is 0 Å². The van der Waals surface area contributed by atoms with Crippen molar-refractivity contribution in [3.05, 3.63) is 0 Å². The zero-order chi connectivity index (χ0) is 7.49. The molecule has 0 rings (SSSR count). The van der Waals surface area contributed by atoms with E-state index in [0.29, 0.717) is 0 Å². The SMILES string of the molecule is O=C([O-])CCC(Cl)(Cl)Cl.[Na+]. The van der Waals surface area contributed by atoms with Crippen molar-refractivity contribution >= 4 is 40.8 Å². The maximum atomic E-state index is 9.76. The second kappa shape index (κ2) is 5.92. The minimum absolute atomic E-state index is 0. The van der Waals surface area contributed by atoms with Gasteiger partial charge in [0.2, 0.25) is 0 Å². The molecule has 0 saturated heterocycles. The Bertz CT molecular complexity index is 112. The molecule has 0 aromatic carbocycles. The minimum atomic E-state index is -1.47. The van der Waals surface area contributed by atoms with E-state index < -0.39 is 9.76 Å². The molecule has 0 radical (unpaired) electrons. The number of carbonyl (C=O) groups excluding carboxylic acids is 1. The molecule has 0 aromatic rings. The molecule has 10 heavy (non-hydrogen) atoms. The largest absolute Gasteiger partial charge is 1.00 e. The summed E-state index contributed by atoms with van der Waals surface area (Å²) < 4.78 is -1.47. The Labute approximate surface area is 96.1 Å². The van der Waals surface area contributed by atoms with Crippen molar-refractivity contribution in [1.82, 2.24) is 0 Å². The molecular formula is C4H4Cl3NaO2. The van der Waals surface area contributed by atoms with Gasteiger partial charge >= 0.3 is 29.6 Å². The molecule has 0 atom stereocenters. The van der Waals surface area contributed by atoms with Crippen LogP contribution in [0.1, 0.15) is 12.8 Å². The van der Waals surface area contributed by atoms with Crippen LogP contribution in [-0.4, -0.2) is 9.76 Å². The summed E-state index contributed by atoms with van der Waals surface area (Å²) >= 11 is 15.7. The van der Waals surface area contributed by atoms with Gasteiger partial charge < -0.3 is 9.90 Å². The van der Waals surface area contributed by atoms with Crippen LogP contribution in [0, 0.1) is 0 Å². The van der Waals surface area contributed by atoms with Crippen LogP contribution in [0.25, 0.3) is 0 Å². The summed E-state index contributed by atoms with van der Waals surface area (Å²) in [5.74, 6) is -1.21. The van der Waals surface area contributed by atoms with Crippen molar-refractivity contribution in [2.24, 2.45) is 0 Å². The third-order valence-corrected chi connectivity index (χ3v) is 1.18. The Morgan fingerprint density at radius 1 is 1.40 bits per heavy atom. The van der Waals surface area contributed by atoms with E-state index >= 15 is 0 Å². The number of hydrogen-bond acceptors (Lipinski definition) is 2. The Kier molecular flexibility index (Phi) is 8.23. The number of halogens is 3. The normalized spacial score (nSPS) is 10.3. The molecule has 0 N–H and O–H groups in total. The zero-order valence-electron chi connectivity index (χ0n) is 5.36. The van der Waals surface area contributed by atoms with Crippen LogP contribution in [-0.2, 0) is 4.79 Å². The number of carboxylic acid groups (broad SMARTS) is 1. The third-order valence-electron chi connectivity index (χ3n) is 0.613. The van der Waals surface area contributed by atoms with Gasteiger partial charge in [0.15, 0.2) is 3.79 Å². The average Bonchev–Trinajstić information content (AvgIpc) is 1.59. The first-order chi connectivity index (χ1) is 3.92. The van der Waals surface area contributed by atoms with Crippen LogP contribution in [0.4, 0.5) is 0 Å². The molecule has 2 nitrogen and oxygen atoms in total. The van der Waals surface area contributed by atoms with Crippen LogP contribution >= 0.6 is 34.8 Å². The van der Waals surface area contributed by atoms with Crippen LogP contribution in [0.2, 0.25) is 0 Å². The maximum absolute atomic E-state index is 9.76. The molecule has 0 aromatic heterocycles. The fourth-order valence-electron chi connectivity index (χ4n) is 0.244. The molecule has 54 valence electrons. The fourth-order valence-corrected chi connectivity index (χ4v) is 0.527.